The Morgan fingerprint density at radius 3 is 2.43 bits per heavy atom. The van der Waals surface area contributed by atoms with Gasteiger partial charge in [-0.2, -0.15) is 0 Å². The molecule has 0 spiro atoms. The first-order valence-corrected chi connectivity index (χ1v) is 11.5. The van der Waals surface area contributed by atoms with Crippen LogP contribution in [0.15, 0.2) is 34.2 Å². The van der Waals surface area contributed by atoms with Crippen LogP contribution in [0, 0.1) is 5.92 Å². The minimum Gasteiger partial charge on any atom is -0.359 e. The summed E-state index contributed by atoms with van der Waals surface area (Å²) in [5, 5.41) is 6.00. The molecule has 1 heterocycles. The Morgan fingerprint density at radius 1 is 1.23 bits per heavy atom. The van der Waals surface area contributed by atoms with Crippen molar-refractivity contribution in [3.05, 3.63) is 29.8 Å². The molecule has 1 saturated heterocycles. The van der Waals surface area contributed by atoms with Crippen molar-refractivity contribution in [2.45, 2.75) is 37.6 Å². The van der Waals surface area contributed by atoms with Gasteiger partial charge in [-0.25, -0.2) is 17.7 Å². The highest BCUT2D eigenvalue weighted by Gasteiger charge is 2.24. The maximum absolute atomic E-state index is 12.6. The minimum atomic E-state index is -3.52. The van der Waals surface area contributed by atoms with E-state index in [0.29, 0.717) is 17.9 Å². The molecule has 0 bridgehead atoms. The molecule has 1 aromatic carbocycles. The molecule has 0 unspecified atom stereocenters. The monoisotopic (exact) mass is 551 g/mol. The van der Waals surface area contributed by atoms with Crippen molar-refractivity contribution in [3.63, 3.8) is 0 Å². The van der Waals surface area contributed by atoms with Crippen molar-refractivity contribution in [3.8, 4) is 0 Å². The lowest BCUT2D eigenvalue weighted by atomic mass is 9.93. The quantitative estimate of drug-likeness (QED) is 0.307. The van der Waals surface area contributed by atoms with E-state index in [4.69, 9.17) is 4.99 Å². The van der Waals surface area contributed by atoms with Crippen LogP contribution in [0.3, 0.4) is 0 Å². The fourth-order valence-corrected chi connectivity index (χ4v) is 4.49. The molecule has 1 aliphatic rings. The second kappa shape index (κ2) is 12.5. The van der Waals surface area contributed by atoms with Crippen LogP contribution in [0.4, 0.5) is 0 Å². The fourth-order valence-electron chi connectivity index (χ4n) is 3.38. The van der Waals surface area contributed by atoms with Gasteiger partial charge in [-0.3, -0.25) is 4.79 Å². The van der Waals surface area contributed by atoms with Gasteiger partial charge in [-0.15, -0.1) is 24.0 Å². The van der Waals surface area contributed by atoms with Gasteiger partial charge in [0.1, 0.15) is 0 Å². The van der Waals surface area contributed by atoms with Gasteiger partial charge >= 0.3 is 0 Å². The summed E-state index contributed by atoms with van der Waals surface area (Å²) in [4.78, 5) is 18.8. The zero-order chi connectivity index (χ0) is 21.4. The smallest absolute Gasteiger partial charge is 0.242 e. The number of sulfonamides is 1. The molecular weight excluding hydrogens is 517 g/mol. The highest BCUT2D eigenvalue weighted by molar-refractivity contribution is 14.0. The Hall–Kier alpha value is -1.40. The number of benzene rings is 1. The molecule has 1 aliphatic heterocycles. The lowest BCUT2D eigenvalue weighted by Crippen LogP contribution is -2.46. The predicted octanol–water partition coefficient (Wildman–Crippen LogP) is 1.87. The van der Waals surface area contributed by atoms with Gasteiger partial charge in [-0.05, 0) is 37.3 Å². The van der Waals surface area contributed by atoms with Crippen molar-refractivity contribution in [2.75, 3.05) is 40.8 Å². The van der Waals surface area contributed by atoms with Gasteiger partial charge in [0, 0.05) is 47.2 Å². The summed E-state index contributed by atoms with van der Waals surface area (Å²) in [6.07, 6.45) is 2.43. The van der Waals surface area contributed by atoms with Crippen molar-refractivity contribution in [2.24, 2.45) is 10.9 Å². The molecule has 0 radical (unpaired) electrons. The van der Waals surface area contributed by atoms with E-state index in [1.54, 1.807) is 25.2 Å². The molecule has 0 atom stereocenters. The highest BCUT2D eigenvalue weighted by atomic mass is 127. The van der Waals surface area contributed by atoms with Crippen LogP contribution >= 0.6 is 24.0 Å². The number of piperidine rings is 1. The third-order valence-corrected chi connectivity index (χ3v) is 7.05. The Bertz CT molecular complexity index is 821. The third kappa shape index (κ3) is 7.09. The van der Waals surface area contributed by atoms with Gasteiger partial charge in [0.25, 0.3) is 0 Å². The molecule has 30 heavy (non-hydrogen) atoms. The average molecular weight is 551 g/mol. The molecule has 2 rings (SSSR count). The Morgan fingerprint density at radius 2 is 1.87 bits per heavy atom. The first-order valence-electron chi connectivity index (χ1n) is 10.0. The largest absolute Gasteiger partial charge is 0.359 e. The SMILES string of the molecule is CCNC(=NCc1ccccc1S(=O)(=O)N(C)C)N1CCC(CC(=O)NC)CC1.I. The van der Waals surface area contributed by atoms with E-state index in [2.05, 4.69) is 15.5 Å². The van der Waals surface area contributed by atoms with Crippen molar-refractivity contribution >= 4 is 45.9 Å². The first-order chi connectivity index (χ1) is 13.8. The number of hydrogen-bond acceptors (Lipinski definition) is 4. The summed E-state index contributed by atoms with van der Waals surface area (Å²) in [6, 6.07) is 6.99. The van der Waals surface area contributed by atoms with Crippen molar-refractivity contribution in [1.29, 1.82) is 0 Å². The van der Waals surface area contributed by atoms with Crippen molar-refractivity contribution < 1.29 is 13.2 Å². The van der Waals surface area contributed by atoms with E-state index in [1.165, 1.54) is 18.4 Å². The molecule has 1 fully saturated rings. The van der Waals surface area contributed by atoms with E-state index in [1.807, 2.05) is 13.0 Å². The first kappa shape index (κ1) is 26.6. The topological polar surface area (TPSA) is 94.1 Å². The lowest BCUT2D eigenvalue weighted by molar-refractivity contribution is -0.121. The number of carbonyl (C=O) groups is 1. The summed E-state index contributed by atoms with van der Waals surface area (Å²) < 4.78 is 26.4. The molecule has 0 saturated carbocycles. The van der Waals surface area contributed by atoms with Crippen LogP contribution in [0.25, 0.3) is 0 Å². The number of likely N-dealkylation sites (tertiary alicyclic amines) is 1. The third-order valence-electron chi connectivity index (χ3n) is 5.13. The predicted molar refractivity (Wildman–Crippen MR) is 131 cm³/mol. The summed E-state index contributed by atoms with van der Waals surface area (Å²) in [6.45, 7) is 4.67. The maximum Gasteiger partial charge on any atom is 0.242 e. The normalized spacial score (nSPS) is 15.6. The molecule has 0 aliphatic carbocycles. The van der Waals surface area contributed by atoms with Crippen molar-refractivity contribution in [1.82, 2.24) is 19.8 Å². The van der Waals surface area contributed by atoms with E-state index < -0.39 is 10.0 Å². The molecule has 0 aromatic heterocycles. The van der Waals surface area contributed by atoms with Crippen LogP contribution in [0.5, 0.6) is 0 Å². The van der Waals surface area contributed by atoms with E-state index in [0.717, 1.165) is 38.4 Å². The van der Waals surface area contributed by atoms with Crippen LogP contribution < -0.4 is 10.6 Å². The number of halogens is 1. The minimum absolute atomic E-state index is 0. The lowest BCUT2D eigenvalue weighted by Gasteiger charge is -2.34. The van der Waals surface area contributed by atoms with E-state index in [9.17, 15) is 13.2 Å². The number of carbonyl (C=O) groups excluding carboxylic acids is 1. The Labute approximate surface area is 197 Å². The van der Waals surface area contributed by atoms with Gasteiger partial charge in [0.05, 0.1) is 11.4 Å². The number of nitrogens with one attached hydrogen (secondary N) is 2. The summed E-state index contributed by atoms with van der Waals surface area (Å²) in [5.41, 5.74) is 0.672. The zero-order valence-corrected chi connectivity index (χ0v) is 21.4. The molecule has 8 nitrogen and oxygen atoms in total. The van der Waals surface area contributed by atoms with Crippen LogP contribution in [0.2, 0.25) is 0 Å². The van der Waals surface area contributed by atoms with Crippen LogP contribution in [-0.4, -0.2) is 70.3 Å². The molecule has 2 N–H and O–H groups in total. The number of hydrogen-bond donors (Lipinski definition) is 2. The van der Waals surface area contributed by atoms with Crippen LogP contribution in [-0.2, 0) is 21.4 Å². The Balaban J connectivity index is 0.00000450. The average Bonchev–Trinajstić information content (AvgIpc) is 2.71. The maximum atomic E-state index is 12.6. The van der Waals surface area contributed by atoms with E-state index >= 15 is 0 Å². The van der Waals surface area contributed by atoms with Crippen LogP contribution in [0.1, 0.15) is 31.7 Å². The molecular formula is C20H34IN5O3S. The van der Waals surface area contributed by atoms with Gasteiger partial charge in [-0.1, -0.05) is 18.2 Å². The summed E-state index contributed by atoms with van der Waals surface area (Å²) >= 11 is 0. The summed E-state index contributed by atoms with van der Waals surface area (Å²) in [5.74, 6) is 1.26. The zero-order valence-electron chi connectivity index (χ0n) is 18.2. The number of guanidine groups is 1. The highest BCUT2D eigenvalue weighted by Crippen LogP contribution is 2.22. The molecule has 170 valence electrons. The standard InChI is InChI=1S/C20H33N5O3S.HI/c1-5-22-20(25-12-10-16(11-13-25)14-19(26)21-2)23-15-17-8-6-7-9-18(17)29(27,28)24(3)4;/h6-9,16H,5,10-15H2,1-4H3,(H,21,26)(H,22,23);1H. The summed E-state index contributed by atoms with van der Waals surface area (Å²) in [7, 11) is 1.21. The number of rotatable bonds is 7. The number of amides is 1. The Kier molecular flexibility index (Phi) is 11.1. The second-order valence-corrected chi connectivity index (χ2v) is 9.49. The van der Waals surface area contributed by atoms with Gasteiger partial charge < -0.3 is 15.5 Å². The van der Waals surface area contributed by atoms with Gasteiger partial charge in [0.15, 0.2) is 5.96 Å². The van der Waals surface area contributed by atoms with E-state index in [-0.39, 0.29) is 41.3 Å². The second-order valence-electron chi connectivity index (χ2n) is 7.37. The molecule has 1 aromatic rings. The molecule has 1 amide bonds. The molecule has 10 heteroatoms. The number of aliphatic imine (C=N–C) groups is 1. The fraction of sp³-hybridized carbons (Fsp3) is 0.600. The van der Waals surface area contributed by atoms with Gasteiger partial charge in [0.2, 0.25) is 15.9 Å². The number of nitrogens with zero attached hydrogens (tertiary/aromatic N) is 3.